The van der Waals surface area contributed by atoms with Crippen molar-refractivity contribution in [3.05, 3.63) is 84.4 Å². The Balaban J connectivity index is 1.31. The van der Waals surface area contributed by atoms with Crippen LogP contribution in [0, 0.1) is 0 Å². The van der Waals surface area contributed by atoms with Crippen LogP contribution in [0.2, 0.25) is 0 Å². The molecule has 0 spiro atoms. The second kappa shape index (κ2) is 10.4. The van der Waals surface area contributed by atoms with Gasteiger partial charge in [0.05, 0.1) is 19.3 Å². The van der Waals surface area contributed by atoms with Crippen molar-refractivity contribution in [2.24, 2.45) is 0 Å². The summed E-state index contributed by atoms with van der Waals surface area (Å²) in [7, 11) is 0. The van der Waals surface area contributed by atoms with E-state index in [1.165, 1.54) is 11.1 Å². The van der Waals surface area contributed by atoms with Gasteiger partial charge in [-0.3, -0.25) is 10.1 Å². The number of carbonyl (C=O) groups is 1. The highest BCUT2D eigenvalue weighted by Crippen LogP contribution is 2.22. The average Bonchev–Trinajstić information content (AvgIpc) is 2.85. The lowest BCUT2D eigenvalue weighted by Gasteiger charge is -2.29. The van der Waals surface area contributed by atoms with Gasteiger partial charge in [-0.1, -0.05) is 54.6 Å². The predicted molar refractivity (Wildman–Crippen MR) is 131 cm³/mol. The number of ether oxygens (including phenoxy) is 1. The highest BCUT2D eigenvalue weighted by atomic mass is 16.5. The number of hydrogen-bond acceptors (Lipinski definition) is 4. The summed E-state index contributed by atoms with van der Waals surface area (Å²) < 4.78 is 5.41. The molecule has 1 fully saturated rings. The van der Waals surface area contributed by atoms with Crippen LogP contribution in [-0.2, 0) is 9.53 Å². The summed E-state index contributed by atoms with van der Waals surface area (Å²) in [5, 5.41) is 6.42. The topological polar surface area (TPSA) is 53.6 Å². The van der Waals surface area contributed by atoms with Gasteiger partial charge in [-0.05, 0) is 54.8 Å². The summed E-state index contributed by atoms with van der Waals surface area (Å²) >= 11 is 0. The van der Waals surface area contributed by atoms with E-state index >= 15 is 0 Å². The van der Waals surface area contributed by atoms with Crippen molar-refractivity contribution in [2.45, 2.75) is 25.9 Å². The molecular formula is C27H31N3O2. The van der Waals surface area contributed by atoms with Crippen molar-refractivity contribution < 1.29 is 9.53 Å². The molecule has 1 saturated heterocycles. The lowest BCUT2D eigenvalue weighted by atomic mass is 10.0. The Morgan fingerprint density at radius 3 is 2.12 bits per heavy atom. The Morgan fingerprint density at radius 2 is 1.47 bits per heavy atom. The van der Waals surface area contributed by atoms with E-state index in [1.807, 2.05) is 37.3 Å². The van der Waals surface area contributed by atoms with Crippen LogP contribution in [0.1, 0.15) is 25.5 Å². The fourth-order valence-corrected chi connectivity index (χ4v) is 3.97. The first-order valence-electron chi connectivity index (χ1n) is 11.3. The fourth-order valence-electron chi connectivity index (χ4n) is 3.97. The SMILES string of the molecule is C[C@H](N[C@H](C)C(=O)Nc1ccc(N2CCOCC2)cc1)c1ccc(-c2ccccc2)cc1. The number of nitrogens with one attached hydrogen (secondary N) is 2. The summed E-state index contributed by atoms with van der Waals surface area (Å²) in [6.45, 7) is 7.29. The van der Waals surface area contributed by atoms with E-state index in [4.69, 9.17) is 4.74 Å². The van der Waals surface area contributed by atoms with Gasteiger partial charge < -0.3 is 15.0 Å². The van der Waals surface area contributed by atoms with Gasteiger partial charge in [-0.25, -0.2) is 0 Å². The zero-order valence-corrected chi connectivity index (χ0v) is 18.8. The Bertz CT molecular complexity index is 997. The van der Waals surface area contributed by atoms with Gasteiger partial charge in [-0.15, -0.1) is 0 Å². The van der Waals surface area contributed by atoms with E-state index in [2.05, 4.69) is 71.0 Å². The minimum absolute atomic E-state index is 0.0446. The van der Waals surface area contributed by atoms with Crippen LogP contribution in [0.5, 0.6) is 0 Å². The molecule has 1 aliphatic rings. The molecule has 166 valence electrons. The zero-order valence-electron chi connectivity index (χ0n) is 18.8. The van der Waals surface area contributed by atoms with Gasteiger partial charge >= 0.3 is 0 Å². The molecule has 1 amide bonds. The minimum Gasteiger partial charge on any atom is -0.378 e. The maximum absolute atomic E-state index is 12.7. The number of carbonyl (C=O) groups excluding carboxylic acids is 1. The molecule has 0 bridgehead atoms. The van der Waals surface area contributed by atoms with E-state index in [1.54, 1.807) is 0 Å². The van der Waals surface area contributed by atoms with E-state index in [0.29, 0.717) is 0 Å². The smallest absolute Gasteiger partial charge is 0.241 e. The second-order valence-corrected chi connectivity index (χ2v) is 8.23. The van der Waals surface area contributed by atoms with Crippen molar-refractivity contribution in [2.75, 3.05) is 36.5 Å². The molecule has 5 heteroatoms. The summed E-state index contributed by atoms with van der Waals surface area (Å²) in [6.07, 6.45) is 0. The first kappa shape index (κ1) is 22.1. The normalized spacial score (nSPS) is 15.8. The van der Waals surface area contributed by atoms with Crippen LogP contribution >= 0.6 is 0 Å². The molecule has 32 heavy (non-hydrogen) atoms. The van der Waals surface area contributed by atoms with Gasteiger partial charge in [0, 0.05) is 30.5 Å². The number of amides is 1. The van der Waals surface area contributed by atoms with Crippen molar-refractivity contribution in [1.82, 2.24) is 5.32 Å². The lowest BCUT2D eigenvalue weighted by molar-refractivity contribution is -0.117. The van der Waals surface area contributed by atoms with E-state index < -0.39 is 0 Å². The number of nitrogens with zero attached hydrogens (tertiary/aromatic N) is 1. The van der Waals surface area contributed by atoms with Crippen molar-refractivity contribution in [3.63, 3.8) is 0 Å². The number of hydrogen-bond donors (Lipinski definition) is 2. The quantitative estimate of drug-likeness (QED) is 0.563. The van der Waals surface area contributed by atoms with E-state index in [-0.39, 0.29) is 18.0 Å². The summed E-state index contributed by atoms with van der Waals surface area (Å²) in [6, 6.07) is 26.6. The molecular weight excluding hydrogens is 398 g/mol. The van der Waals surface area contributed by atoms with Crippen LogP contribution in [0.4, 0.5) is 11.4 Å². The molecule has 2 atom stereocenters. The van der Waals surface area contributed by atoms with Gasteiger partial charge in [0.15, 0.2) is 0 Å². The number of morpholine rings is 1. The predicted octanol–water partition coefficient (Wildman–Crippen LogP) is 4.87. The molecule has 3 aromatic carbocycles. The lowest BCUT2D eigenvalue weighted by Crippen LogP contribution is -2.39. The Labute approximate surface area is 190 Å². The third-order valence-corrected chi connectivity index (χ3v) is 5.92. The minimum atomic E-state index is -0.322. The Kier molecular flexibility index (Phi) is 7.20. The monoisotopic (exact) mass is 429 g/mol. The highest BCUT2D eigenvalue weighted by molar-refractivity contribution is 5.94. The molecule has 0 aromatic heterocycles. The van der Waals surface area contributed by atoms with Gasteiger partial charge in [0.25, 0.3) is 0 Å². The van der Waals surface area contributed by atoms with Crippen molar-refractivity contribution in [1.29, 1.82) is 0 Å². The molecule has 0 unspecified atom stereocenters. The summed E-state index contributed by atoms with van der Waals surface area (Å²) in [4.78, 5) is 15.0. The fraction of sp³-hybridized carbons (Fsp3) is 0.296. The summed E-state index contributed by atoms with van der Waals surface area (Å²) in [5.41, 5.74) is 5.50. The average molecular weight is 430 g/mol. The van der Waals surface area contributed by atoms with Crippen LogP contribution in [0.15, 0.2) is 78.9 Å². The van der Waals surface area contributed by atoms with Gasteiger partial charge in [-0.2, -0.15) is 0 Å². The molecule has 0 saturated carbocycles. The van der Waals surface area contributed by atoms with Crippen molar-refractivity contribution >= 4 is 17.3 Å². The van der Waals surface area contributed by atoms with Crippen LogP contribution < -0.4 is 15.5 Å². The molecule has 3 aromatic rings. The standard InChI is InChI=1S/C27H31N3O2/c1-20(22-8-10-24(11-9-22)23-6-4-3-5-7-23)28-21(2)27(31)29-25-12-14-26(15-13-25)30-16-18-32-19-17-30/h3-15,20-21,28H,16-19H2,1-2H3,(H,29,31)/t20-,21+/m0/s1. The van der Waals surface area contributed by atoms with Crippen LogP contribution in [0.3, 0.4) is 0 Å². The molecule has 0 radical (unpaired) electrons. The summed E-state index contributed by atoms with van der Waals surface area (Å²) in [5.74, 6) is -0.0446. The highest BCUT2D eigenvalue weighted by Gasteiger charge is 2.17. The largest absolute Gasteiger partial charge is 0.378 e. The van der Waals surface area contributed by atoms with Crippen LogP contribution in [0.25, 0.3) is 11.1 Å². The first-order chi connectivity index (χ1) is 15.6. The Hall–Kier alpha value is -3.15. The Morgan fingerprint density at radius 1 is 0.844 bits per heavy atom. The van der Waals surface area contributed by atoms with Gasteiger partial charge in [0.1, 0.15) is 0 Å². The number of rotatable bonds is 7. The van der Waals surface area contributed by atoms with E-state index in [9.17, 15) is 4.79 Å². The number of anilines is 2. The third-order valence-electron chi connectivity index (χ3n) is 5.92. The van der Waals surface area contributed by atoms with E-state index in [0.717, 1.165) is 43.2 Å². The number of benzene rings is 3. The maximum Gasteiger partial charge on any atom is 0.241 e. The van der Waals surface area contributed by atoms with Gasteiger partial charge in [0.2, 0.25) is 5.91 Å². The van der Waals surface area contributed by atoms with Crippen molar-refractivity contribution in [3.8, 4) is 11.1 Å². The molecule has 2 N–H and O–H groups in total. The zero-order chi connectivity index (χ0) is 22.3. The van der Waals surface area contributed by atoms with Crippen LogP contribution in [-0.4, -0.2) is 38.3 Å². The molecule has 1 heterocycles. The molecule has 5 nitrogen and oxygen atoms in total. The third kappa shape index (κ3) is 5.55. The molecule has 4 rings (SSSR count). The maximum atomic E-state index is 12.7. The first-order valence-corrected chi connectivity index (χ1v) is 11.3. The molecule has 1 aliphatic heterocycles. The second-order valence-electron chi connectivity index (χ2n) is 8.23. The molecule has 0 aliphatic carbocycles.